The van der Waals surface area contributed by atoms with E-state index >= 15 is 0 Å². The largest absolute Gasteiger partial charge is 0.377 e. The smallest absolute Gasteiger partial charge is 0.0729 e. The Hall–Kier alpha value is -1.87. The van der Waals surface area contributed by atoms with Crippen LogP contribution < -0.4 is 5.32 Å². The van der Waals surface area contributed by atoms with E-state index in [-0.39, 0.29) is 0 Å². The third kappa shape index (κ3) is 2.09. The minimum atomic E-state index is 0.414. The van der Waals surface area contributed by atoms with Gasteiger partial charge in [-0.2, -0.15) is 0 Å². The summed E-state index contributed by atoms with van der Waals surface area (Å²) in [5.41, 5.74) is 4.81. The first-order valence-electron chi connectivity index (χ1n) is 6.19. The number of aryl methyl sites for hydroxylation is 1. The van der Waals surface area contributed by atoms with Crippen LogP contribution >= 0.6 is 0 Å². The molecule has 0 aliphatic carbocycles. The molecular weight excluding hydrogens is 224 g/mol. The summed E-state index contributed by atoms with van der Waals surface area (Å²) in [6, 6.07) is 10.9. The number of pyridine rings is 1. The van der Waals surface area contributed by atoms with E-state index in [2.05, 4.69) is 47.6 Å². The lowest BCUT2D eigenvalue weighted by Crippen LogP contribution is -2.40. The predicted octanol–water partition coefficient (Wildman–Crippen LogP) is 2.87. The lowest BCUT2D eigenvalue weighted by atomic mass is 10.00. The number of nitrogens with one attached hydrogen (secondary N) is 1. The first-order valence-corrected chi connectivity index (χ1v) is 6.19. The van der Waals surface area contributed by atoms with E-state index in [1.54, 1.807) is 0 Å². The number of rotatable bonds is 3. The van der Waals surface area contributed by atoms with Gasteiger partial charge in [-0.05, 0) is 24.1 Å². The normalized spacial score (nSPS) is 15.2. The fourth-order valence-electron chi connectivity index (χ4n) is 2.16. The van der Waals surface area contributed by atoms with Gasteiger partial charge in [0.1, 0.15) is 0 Å². The van der Waals surface area contributed by atoms with Gasteiger partial charge >= 0.3 is 0 Å². The molecule has 1 aliphatic rings. The Labute approximate surface area is 107 Å². The molecule has 1 fully saturated rings. The molecular formula is C15H16N2O. The Morgan fingerprint density at radius 1 is 1.17 bits per heavy atom. The van der Waals surface area contributed by atoms with Gasteiger partial charge in [-0.25, -0.2) is 0 Å². The minimum absolute atomic E-state index is 0.414. The summed E-state index contributed by atoms with van der Waals surface area (Å²) < 4.78 is 5.19. The third-order valence-electron chi connectivity index (χ3n) is 3.25. The minimum Gasteiger partial charge on any atom is -0.377 e. The molecule has 1 aromatic heterocycles. The van der Waals surface area contributed by atoms with Gasteiger partial charge in [0.2, 0.25) is 0 Å². The monoisotopic (exact) mass is 240 g/mol. The van der Waals surface area contributed by atoms with Crippen molar-refractivity contribution in [2.75, 3.05) is 18.5 Å². The van der Waals surface area contributed by atoms with E-state index in [0.29, 0.717) is 6.04 Å². The van der Waals surface area contributed by atoms with Gasteiger partial charge in [-0.1, -0.05) is 24.3 Å². The van der Waals surface area contributed by atoms with Crippen LogP contribution in [-0.2, 0) is 4.74 Å². The van der Waals surface area contributed by atoms with Gasteiger partial charge in [0.25, 0.3) is 0 Å². The van der Waals surface area contributed by atoms with Crippen molar-refractivity contribution in [3.63, 3.8) is 0 Å². The lowest BCUT2D eigenvalue weighted by molar-refractivity contribution is 0.0211. The molecule has 2 aromatic rings. The van der Waals surface area contributed by atoms with E-state index in [1.807, 2.05) is 12.4 Å². The fourth-order valence-corrected chi connectivity index (χ4v) is 2.16. The first-order chi connectivity index (χ1) is 8.84. The molecule has 18 heavy (non-hydrogen) atoms. The van der Waals surface area contributed by atoms with Crippen LogP contribution in [-0.4, -0.2) is 24.2 Å². The molecule has 92 valence electrons. The summed E-state index contributed by atoms with van der Waals surface area (Å²) in [5, 5.41) is 3.49. The van der Waals surface area contributed by atoms with Crippen molar-refractivity contribution >= 4 is 5.69 Å². The average Bonchev–Trinajstić information content (AvgIpc) is 2.35. The van der Waals surface area contributed by atoms with Crippen molar-refractivity contribution in [3.05, 3.63) is 48.3 Å². The molecule has 0 bridgehead atoms. The topological polar surface area (TPSA) is 34.2 Å². The molecule has 1 saturated heterocycles. The maximum Gasteiger partial charge on any atom is 0.0729 e. The summed E-state index contributed by atoms with van der Waals surface area (Å²) in [6.07, 6.45) is 3.73. The quantitative estimate of drug-likeness (QED) is 0.895. The zero-order valence-corrected chi connectivity index (χ0v) is 10.4. The van der Waals surface area contributed by atoms with Gasteiger partial charge in [0.15, 0.2) is 0 Å². The summed E-state index contributed by atoms with van der Waals surface area (Å²) in [7, 11) is 0. The van der Waals surface area contributed by atoms with Crippen molar-refractivity contribution in [1.29, 1.82) is 0 Å². The summed E-state index contributed by atoms with van der Waals surface area (Å²) >= 11 is 0. The van der Waals surface area contributed by atoms with Crippen molar-refractivity contribution in [1.82, 2.24) is 4.98 Å². The second kappa shape index (κ2) is 4.78. The van der Waals surface area contributed by atoms with Gasteiger partial charge < -0.3 is 10.1 Å². The maximum absolute atomic E-state index is 5.19. The van der Waals surface area contributed by atoms with Crippen LogP contribution in [0.4, 0.5) is 5.69 Å². The predicted molar refractivity (Wildman–Crippen MR) is 72.6 cm³/mol. The van der Waals surface area contributed by atoms with Crippen molar-refractivity contribution in [2.45, 2.75) is 13.0 Å². The van der Waals surface area contributed by atoms with E-state index in [4.69, 9.17) is 4.74 Å². The number of anilines is 1. The molecule has 1 aliphatic heterocycles. The van der Waals surface area contributed by atoms with Crippen LogP contribution in [0.5, 0.6) is 0 Å². The van der Waals surface area contributed by atoms with Gasteiger partial charge in [0, 0.05) is 11.8 Å². The molecule has 3 nitrogen and oxygen atoms in total. The zero-order valence-electron chi connectivity index (χ0n) is 10.4. The van der Waals surface area contributed by atoms with Crippen LogP contribution in [0.2, 0.25) is 0 Å². The average molecular weight is 240 g/mol. The van der Waals surface area contributed by atoms with Crippen molar-refractivity contribution in [2.24, 2.45) is 0 Å². The molecule has 0 atom stereocenters. The standard InChI is InChI=1S/C15H16N2O/c1-11-4-2-3-5-13(11)14-6-7-16-8-15(14)17-12-9-18-10-12/h2-8,12,17H,9-10H2,1H3. The van der Waals surface area contributed by atoms with Crippen molar-refractivity contribution < 1.29 is 4.74 Å². The number of benzene rings is 1. The second-order valence-corrected chi connectivity index (χ2v) is 4.61. The molecule has 1 N–H and O–H groups in total. The number of aromatic nitrogens is 1. The molecule has 0 spiro atoms. The highest BCUT2D eigenvalue weighted by Gasteiger charge is 2.19. The molecule has 3 heteroatoms. The number of ether oxygens (including phenoxy) is 1. The Morgan fingerprint density at radius 3 is 2.72 bits per heavy atom. The van der Waals surface area contributed by atoms with Gasteiger partial charge in [0.05, 0.1) is 31.1 Å². The first kappa shape index (κ1) is 11.2. The Balaban J connectivity index is 1.98. The van der Waals surface area contributed by atoms with Gasteiger partial charge in [-0.15, -0.1) is 0 Å². The Bertz CT molecular complexity index is 550. The summed E-state index contributed by atoms with van der Waals surface area (Å²) in [5.74, 6) is 0. The molecule has 3 rings (SSSR count). The van der Waals surface area contributed by atoms with Crippen molar-refractivity contribution in [3.8, 4) is 11.1 Å². The molecule has 0 unspecified atom stereocenters. The third-order valence-corrected chi connectivity index (χ3v) is 3.25. The highest BCUT2D eigenvalue weighted by Crippen LogP contribution is 2.30. The Morgan fingerprint density at radius 2 is 2.00 bits per heavy atom. The maximum atomic E-state index is 5.19. The molecule has 2 heterocycles. The second-order valence-electron chi connectivity index (χ2n) is 4.61. The van der Waals surface area contributed by atoms with Crippen LogP contribution in [0.3, 0.4) is 0 Å². The number of hydrogen-bond donors (Lipinski definition) is 1. The van der Waals surface area contributed by atoms with Crippen LogP contribution in [0, 0.1) is 6.92 Å². The molecule has 0 radical (unpaired) electrons. The van der Waals surface area contributed by atoms with Crippen LogP contribution in [0.15, 0.2) is 42.7 Å². The molecule has 0 amide bonds. The van der Waals surface area contributed by atoms with E-state index < -0.39 is 0 Å². The van der Waals surface area contributed by atoms with Gasteiger partial charge in [-0.3, -0.25) is 4.98 Å². The number of nitrogens with zero attached hydrogens (tertiary/aromatic N) is 1. The van der Waals surface area contributed by atoms with Crippen LogP contribution in [0.25, 0.3) is 11.1 Å². The highest BCUT2D eigenvalue weighted by atomic mass is 16.5. The van der Waals surface area contributed by atoms with E-state index in [0.717, 1.165) is 18.9 Å². The Kier molecular flexibility index (Phi) is 2.99. The highest BCUT2D eigenvalue weighted by molar-refractivity contribution is 5.79. The zero-order chi connectivity index (χ0) is 12.4. The van der Waals surface area contributed by atoms with E-state index in [9.17, 15) is 0 Å². The number of hydrogen-bond acceptors (Lipinski definition) is 3. The van der Waals surface area contributed by atoms with E-state index in [1.165, 1.54) is 16.7 Å². The SMILES string of the molecule is Cc1ccccc1-c1ccncc1NC1COC1. The fraction of sp³-hybridized carbons (Fsp3) is 0.267. The summed E-state index contributed by atoms with van der Waals surface area (Å²) in [4.78, 5) is 4.21. The molecule has 1 aromatic carbocycles. The summed E-state index contributed by atoms with van der Waals surface area (Å²) in [6.45, 7) is 3.69. The lowest BCUT2D eigenvalue weighted by Gasteiger charge is -2.28. The van der Waals surface area contributed by atoms with Crippen LogP contribution in [0.1, 0.15) is 5.56 Å². The molecule has 0 saturated carbocycles.